The van der Waals surface area contributed by atoms with E-state index in [4.69, 9.17) is 4.74 Å². The van der Waals surface area contributed by atoms with Crippen LogP contribution in [0.5, 0.6) is 0 Å². The second-order valence-corrected chi connectivity index (χ2v) is 7.10. The van der Waals surface area contributed by atoms with Crippen LogP contribution in [0.25, 0.3) is 0 Å². The number of rotatable bonds is 5. The number of imidazole rings is 1. The lowest BCUT2D eigenvalue weighted by molar-refractivity contribution is 0.102. The lowest BCUT2D eigenvalue weighted by Crippen LogP contribution is -2.35. The average molecular weight is 305 g/mol. The summed E-state index contributed by atoms with van der Waals surface area (Å²) in [5.74, 6) is 0.419. The Morgan fingerprint density at radius 3 is 3.00 bits per heavy atom. The highest BCUT2D eigenvalue weighted by Gasteiger charge is 2.29. The van der Waals surface area contributed by atoms with Crippen LogP contribution in [0.3, 0.4) is 0 Å². The van der Waals surface area contributed by atoms with Gasteiger partial charge in [0.25, 0.3) is 0 Å². The molecule has 0 N–H and O–H groups in total. The van der Waals surface area contributed by atoms with E-state index in [1.165, 1.54) is 21.1 Å². The molecular weight excluding hydrogens is 282 g/mol. The van der Waals surface area contributed by atoms with E-state index in [2.05, 4.69) is 47.5 Å². The maximum Gasteiger partial charge on any atom is 0.0949 e. The van der Waals surface area contributed by atoms with E-state index < -0.39 is 0 Å². The largest absolute Gasteiger partial charge is 0.381 e. The van der Waals surface area contributed by atoms with Gasteiger partial charge >= 0.3 is 0 Å². The monoisotopic (exact) mass is 305 g/mol. The molecule has 1 aliphatic rings. The highest BCUT2D eigenvalue weighted by atomic mass is 32.1. The first kappa shape index (κ1) is 14.8. The maximum atomic E-state index is 5.69. The Hall–Kier alpha value is -1.17. The molecule has 0 bridgehead atoms. The third-order valence-corrected chi connectivity index (χ3v) is 4.99. The second kappa shape index (κ2) is 6.30. The number of nitrogens with zero attached hydrogens (tertiary/aromatic N) is 3. The van der Waals surface area contributed by atoms with Gasteiger partial charge in [-0.1, -0.05) is 0 Å². The van der Waals surface area contributed by atoms with Crippen molar-refractivity contribution in [2.24, 2.45) is 7.05 Å². The summed E-state index contributed by atoms with van der Waals surface area (Å²) in [5.41, 5.74) is 2.56. The van der Waals surface area contributed by atoms with E-state index in [-0.39, 0.29) is 0 Å². The second-order valence-electron chi connectivity index (χ2n) is 5.73. The summed E-state index contributed by atoms with van der Waals surface area (Å²) in [5, 5.41) is 0. The topological polar surface area (TPSA) is 30.3 Å². The zero-order valence-electron chi connectivity index (χ0n) is 13.0. The van der Waals surface area contributed by atoms with Crippen molar-refractivity contribution in [2.45, 2.75) is 32.9 Å². The van der Waals surface area contributed by atoms with Crippen molar-refractivity contribution >= 4 is 11.3 Å². The first-order valence-electron chi connectivity index (χ1n) is 7.53. The van der Waals surface area contributed by atoms with Crippen LogP contribution in [0, 0.1) is 6.92 Å². The fourth-order valence-corrected chi connectivity index (χ4v) is 4.04. The van der Waals surface area contributed by atoms with E-state index >= 15 is 0 Å². The van der Waals surface area contributed by atoms with Crippen molar-refractivity contribution in [3.63, 3.8) is 0 Å². The molecule has 0 unspecified atom stereocenters. The molecular formula is C16H23N3OS. The number of hydrogen-bond donors (Lipinski definition) is 0. The standard InChI is InChI=1S/C16H23N3OS/c1-4-20-10-13-7-19(8-14-6-5-12(2)21-14)9-15-16(13)18(3)11-17-15/h5-6,11,13H,4,7-10H2,1-3H3/t13-/m1/s1. The van der Waals surface area contributed by atoms with Crippen LogP contribution in [-0.2, 0) is 24.9 Å². The molecule has 0 aliphatic carbocycles. The van der Waals surface area contributed by atoms with Crippen LogP contribution < -0.4 is 0 Å². The maximum absolute atomic E-state index is 5.69. The van der Waals surface area contributed by atoms with Gasteiger partial charge in [-0.05, 0) is 26.0 Å². The molecule has 0 saturated carbocycles. The quantitative estimate of drug-likeness (QED) is 0.851. The van der Waals surface area contributed by atoms with Crippen molar-refractivity contribution in [1.29, 1.82) is 0 Å². The number of aryl methyl sites for hydroxylation is 2. The predicted octanol–water partition coefficient (Wildman–Crippen LogP) is 2.93. The Balaban J connectivity index is 1.76. The summed E-state index contributed by atoms with van der Waals surface area (Å²) in [7, 11) is 2.09. The molecule has 0 fully saturated rings. The Bertz CT molecular complexity index is 604. The van der Waals surface area contributed by atoms with Crippen LogP contribution in [0.15, 0.2) is 18.5 Å². The smallest absolute Gasteiger partial charge is 0.0949 e. The molecule has 5 heteroatoms. The summed E-state index contributed by atoms with van der Waals surface area (Å²) in [6.45, 7) is 8.77. The zero-order chi connectivity index (χ0) is 14.8. The number of ether oxygens (including phenoxy) is 1. The summed E-state index contributed by atoms with van der Waals surface area (Å²) in [6.07, 6.45) is 1.93. The normalized spacial score (nSPS) is 18.9. The summed E-state index contributed by atoms with van der Waals surface area (Å²) < 4.78 is 7.85. The van der Waals surface area contributed by atoms with Gasteiger partial charge in [-0.15, -0.1) is 11.3 Å². The summed E-state index contributed by atoms with van der Waals surface area (Å²) in [4.78, 5) is 9.88. The van der Waals surface area contributed by atoms with Gasteiger partial charge < -0.3 is 9.30 Å². The highest BCUT2D eigenvalue weighted by molar-refractivity contribution is 7.11. The third kappa shape index (κ3) is 3.20. The number of thiophene rings is 1. The lowest BCUT2D eigenvalue weighted by atomic mass is 9.99. The fourth-order valence-electron chi connectivity index (χ4n) is 3.11. The minimum atomic E-state index is 0.419. The molecule has 0 aromatic carbocycles. The Kier molecular flexibility index (Phi) is 4.42. The van der Waals surface area contributed by atoms with Crippen LogP contribution in [0.4, 0.5) is 0 Å². The Labute approximate surface area is 130 Å². The van der Waals surface area contributed by atoms with Crippen LogP contribution in [0.2, 0.25) is 0 Å². The lowest BCUT2D eigenvalue weighted by Gasteiger charge is -2.32. The molecule has 21 heavy (non-hydrogen) atoms. The number of aromatic nitrogens is 2. The van der Waals surface area contributed by atoms with Crippen molar-refractivity contribution in [3.8, 4) is 0 Å². The number of hydrogen-bond acceptors (Lipinski definition) is 4. The van der Waals surface area contributed by atoms with Crippen molar-refractivity contribution < 1.29 is 4.74 Å². The molecule has 0 spiro atoms. The molecule has 0 radical (unpaired) electrons. The van der Waals surface area contributed by atoms with Crippen molar-refractivity contribution in [3.05, 3.63) is 39.6 Å². The van der Waals surface area contributed by atoms with Gasteiger partial charge in [-0.25, -0.2) is 4.98 Å². The SMILES string of the molecule is CCOC[C@H]1CN(Cc2ccc(C)s2)Cc2ncn(C)c21. The van der Waals surface area contributed by atoms with E-state index in [1.54, 1.807) is 0 Å². The fraction of sp³-hybridized carbons (Fsp3) is 0.562. The third-order valence-electron chi connectivity index (χ3n) is 4.00. The van der Waals surface area contributed by atoms with Gasteiger partial charge in [0.2, 0.25) is 0 Å². The van der Waals surface area contributed by atoms with Gasteiger partial charge in [0, 0.05) is 54.7 Å². The molecule has 3 heterocycles. The summed E-state index contributed by atoms with van der Waals surface area (Å²) in [6, 6.07) is 4.44. The molecule has 3 rings (SSSR count). The minimum absolute atomic E-state index is 0.419. The zero-order valence-corrected chi connectivity index (χ0v) is 13.8. The molecule has 4 nitrogen and oxygen atoms in total. The van der Waals surface area contributed by atoms with Crippen molar-refractivity contribution in [1.82, 2.24) is 14.5 Å². The Morgan fingerprint density at radius 2 is 2.29 bits per heavy atom. The van der Waals surface area contributed by atoms with E-state index in [0.717, 1.165) is 32.8 Å². The van der Waals surface area contributed by atoms with Crippen LogP contribution >= 0.6 is 11.3 Å². The molecule has 114 valence electrons. The molecule has 1 atom stereocenters. The first-order valence-corrected chi connectivity index (χ1v) is 8.34. The van der Waals surface area contributed by atoms with Gasteiger partial charge in [0.05, 0.1) is 18.6 Å². The molecule has 0 amide bonds. The molecule has 2 aromatic rings. The van der Waals surface area contributed by atoms with E-state index in [1.807, 2.05) is 17.7 Å². The molecule has 2 aromatic heterocycles. The van der Waals surface area contributed by atoms with Crippen LogP contribution in [0.1, 0.15) is 34.0 Å². The van der Waals surface area contributed by atoms with Gasteiger partial charge in [-0.3, -0.25) is 4.90 Å². The first-order chi connectivity index (χ1) is 10.2. The minimum Gasteiger partial charge on any atom is -0.381 e. The van der Waals surface area contributed by atoms with E-state index in [0.29, 0.717) is 5.92 Å². The average Bonchev–Trinajstić information content (AvgIpc) is 3.03. The van der Waals surface area contributed by atoms with Gasteiger partial charge in [0.15, 0.2) is 0 Å². The number of fused-ring (bicyclic) bond motifs is 1. The van der Waals surface area contributed by atoms with E-state index in [9.17, 15) is 0 Å². The van der Waals surface area contributed by atoms with Crippen molar-refractivity contribution in [2.75, 3.05) is 19.8 Å². The van der Waals surface area contributed by atoms with Gasteiger partial charge in [0.1, 0.15) is 0 Å². The summed E-state index contributed by atoms with van der Waals surface area (Å²) >= 11 is 1.89. The highest BCUT2D eigenvalue weighted by Crippen LogP contribution is 2.29. The molecule has 1 aliphatic heterocycles. The molecule has 0 saturated heterocycles. The Morgan fingerprint density at radius 1 is 1.43 bits per heavy atom. The predicted molar refractivity (Wildman–Crippen MR) is 85.6 cm³/mol. The van der Waals surface area contributed by atoms with Gasteiger partial charge in [-0.2, -0.15) is 0 Å². The van der Waals surface area contributed by atoms with Crippen LogP contribution in [-0.4, -0.2) is 34.2 Å².